The molecule has 580 valence electrons. The topological polar surface area (TPSA) is 108 Å². The van der Waals surface area contributed by atoms with Crippen LogP contribution in [0, 0.1) is 0 Å². The van der Waals surface area contributed by atoms with Crippen LogP contribution in [-0.2, 0) is 32.7 Å². The molecule has 0 spiro atoms. The zero-order chi connectivity index (χ0) is 74.0. The Bertz CT molecular complexity index is 2390. The highest BCUT2D eigenvalue weighted by atomic mass is 31.2. The Morgan fingerprint density at radius 3 is 0.784 bits per heavy atom. The van der Waals surface area contributed by atoms with E-state index < -0.39 is 26.5 Å². The summed E-state index contributed by atoms with van der Waals surface area (Å²) in [7, 11) is 1.47. The van der Waals surface area contributed by atoms with Crippen LogP contribution >= 0.6 is 7.82 Å². The molecular formula is C92H155NO8P+. The molecule has 0 aliphatic rings. The number of hydrogen-bond acceptors (Lipinski definition) is 7. The predicted octanol–water partition coefficient (Wildman–Crippen LogP) is 28.2. The first-order valence-electron chi connectivity index (χ1n) is 41.5. The van der Waals surface area contributed by atoms with Crippen LogP contribution in [0.3, 0.4) is 0 Å². The SMILES string of the molecule is CC/C=C\C/C=C\C/C=C\C/C=C\C/C=C\C/C=C\C/C=C\C/C=C\CCCCCCCCCCCCCCCCC(=O)OC(COC(=O)CCCCCCCCCCCCCCCCCCC/C=C\C/C=C\C/C=C\C/C=C\C/C=C\C/C=C\C/C=C\CC)COP(=O)(O)OCC[N+](C)(C)C. The van der Waals surface area contributed by atoms with Crippen molar-refractivity contribution in [1.29, 1.82) is 0 Å². The van der Waals surface area contributed by atoms with Crippen molar-refractivity contribution in [2.75, 3.05) is 47.5 Å². The maximum Gasteiger partial charge on any atom is 0.472 e. The zero-order valence-electron chi connectivity index (χ0n) is 66.3. The first-order chi connectivity index (χ1) is 50.0. The van der Waals surface area contributed by atoms with Gasteiger partial charge in [-0.05, 0) is 135 Å². The summed E-state index contributed by atoms with van der Waals surface area (Å²) in [4.78, 5) is 36.0. The van der Waals surface area contributed by atoms with Gasteiger partial charge in [0.2, 0.25) is 0 Å². The van der Waals surface area contributed by atoms with Crippen LogP contribution in [-0.4, -0.2) is 74.9 Å². The van der Waals surface area contributed by atoms with Gasteiger partial charge in [-0.3, -0.25) is 18.6 Å². The number of nitrogens with zero attached hydrogens (tertiary/aromatic N) is 1. The Hall–Kier alpha value is -4.89. The number of unbranched alkanes of at least 4 members (excludes halogenated alkanes) is 31. The van der Waals surface area contributed by atoms with Gasteiger partial charge in [-0.15, -0.1) is 0 Å². The van der Waals surface area contributed by atoms with E-state index in [0.717, 1.165) is 135 Å². The molecule has 0 bridgehead atoms. The van der Waals surface area contributed by atoms with Crippen LogP contribution in [0.1, 0.15) is 335 Å². The number of rotatable bonds is 75. The molecule has 0 aromatic carbocycles. The van der Waals surface area contributed by atoms with Crippen molar-refractivity contribution in [1.82, 2.24) is 0 Å². The normalized spacial score (nSPS) is 14.0. The minimum Gasteiger partial charge on any atom is -0.462 e. The number of ether oxygens (including phenoxy) is 2. The molecule has 1 N–H and O–H groups in total. The Morgan fingerprint density at radius 1 is 0.304 bits per heavy atom. The van der Waals surface area contributed by atoms with Crippen LogP contribution in [0.4, 0.5) is 0 Å². The molecule has 0 saturated carbocycles. The summed E-state index contributed by atoms with van der Waals surface area (Å²) in [6, 6.07) is 0. The monoisotopic (exact) mass is 1430 g/mol. The van der Waals surface area contributed by atoms with Gasteiger partial charge in [0.25, 0.3) is 0 Å². The lowest BCUT2D eigenvalue weighted by Crippen LogP contribution is -2.37. The number of esters is 2. The second-order valence-electron chi connectivity index (χ2n) is 28.4. The number of quaternary nitrogens is 1. The molecule has 0 fully saturated rings. The molecule has 0 aliphatic carbocycles. The van der Waals surface area contributed by atoms with E-state index in [1.807, 2.05) is 21.1 Å². The third kappa shape index (κ3) is 84.1. The van der Waals surface area contributed by atoms with Crippen molar-refractivity contribution in [3.8, 4) is 0 Å². The zero-order valence-corrected chi connectivity index (χ0v) is 67.2. The molecule has 10 heteroatoms. The van der Waals surface area contributed by atoms with Crippen LogP contribution in [0.25, 0.3) is 0 Å². The molecule has 2 unspecified atom stereocenters. The Kier molecular flexibility index (Phi) is 76.4. The smallest absolute Gasteiger partial charge is 0.462 e. The molecule has 102 heavy (non-hydrogen) atoms. The fourth-order valence-corrected chi connectivity index (χ4v) is 11.9. The van der Waals surface area contributed by atoms with E-state index in [1.165, 1.54) is 167 Å². The molecule has 0 aliphatic heterocycles. The van der Waals surface area contributed by atoms with E-state index in [0.29, 0.717) is 17.4 Å². The predicted molar refractivity (Wildman–Crippen MR) is 445 cm³/mol. The molecular weight excluding hydrogens is 1280 g/mol. The van der Waals surface area contributed by atoms with E-state index >= 15 is 0 Å². The van der Waals surface area contributed by atoms with Gasteiger partial charge in [-0.1, -0.05) is 369 Å². The summed E-state index contributed by atoms with van der Waals surface area (Å²) in [5, 5.41) is 0. The summed E-state index contributed by atoms with van der Waals surface area (Å²) in [5.41, 5.74) is 0. The summed E-state index contributed by atoms with van der Waals surface area (Å²) < 4.78 is 34.8. The first kappa shape index (κ1) is 97.1. The molecule has 9 nitrogen and oxygen atoms in total. The van der Waals surface area contributed by atoms with Gasteiger partial charge < -0.3 is 18.9 Å². The number of carbonyl (C=O) groups is 2. The van der Waals surface area contributed by atoms with Gasteiger partial charge in [-0.2, -0.15) is 0 Å². The number of carbonyl (C=O) groups excluding carboxylic acids is 2. The van der Waals surface area contributed by atoms with Crippen LogP contribution in [0.15, 0.2) is 182 Å². The van der Waals surface area contributed by atoms with E-state index in [2.05, 4.69) is 196 Å². The average Bonchev–Trinajstić information content (AvgIpc) is 0.914. The average molecular weight is 1430 g/mol. The molecule has 0 saturated heterocycles. The maximum atomic E-state index is 12.9. The summed E-state index contributed by atoms with van der Waals surface area (Å²) in [5.74, 6) is -0.795. The van der Waals surface area contributed by atoms with Crippen molar-refractivity contribution in [3.05, 3.63) is 182 Å². The number of likely N-dealkylation sites (N-methyl/N-ethyl adjacent to an activating group) is 1. The highest BCUT2D eigenvalue weighted by molar-refractivity contribution is 7.47. The van der Waals surface area contributed by atoms with Crippen LogP contribution in [0.5, 0.6) is 0 Å². The van der Waals surface area contributed by atoms with Crippen LogP contribution in [0.2, 0.25) is 0 Å². The number of hydrogen-bond donors (Lipinski definition) is 1. The van der Waals surface area contributed by atoms with Gasteiger partial charge in [0.05, 0.1) is 27.7 Å². The second kappa shape index (κ2) is 80.2. The molecule has 0 aromatic rings. The minimum absolute atomic E-state index is 0.0260. The van der Waals surface area contributed by atoms with Crippen molar-refractivity contribution < 1.29 is 42.1 Å². The first-order valence-corrected chi connectivity index (χ1v) is 43.0. The van der Waals surface area contributed by atoms with Crippen molar-refractivity contribution in [2.45, 2.75) is 341 Å². The number of allylic oxidation sites excluding steroid dienone is 30. The van der Waals surface area contributed by atoms with E-state index in [-0.39, 0.29) is 32.0 Å². The molecule has 0 radical (unpaired) electrons. The van der Waals surface area contributed by atoms with E-state index in [9.17, 15) is 19.0 Å². The molecule has 2 atom stereocenters. The summed E-state index contributed by atoms with van der Waals surface area (Å²) >= 11 is 0. The van der Waals surface area contributed by atoms with Gasteiger partial charge in [-0.25, -0.2) is 4.57 Å². The van der Waals surface area contributed by atoms with Crippen molar-refractivity contribution in [2.24, 2.45) is 0 Å². The Labute approximate surface area is 629 Å². The quantitative estimate of drug-likeness (QED) is 0.0211. The number of phosphoric ester groups is 1. The maximum absolute atomic E-state index is 12.9. The Balaban J connectivity index is 3.99. The third-order valence-corrected chi connectivity index (χ3v) is 18.4. The fourth-order valence-electron chi connectivity index (χ4n) is 11.2. The highest BCUT2D eigenvalue weighted by Crippen LogP contribution is 2.43. The lowest BCUT2D eigenvalue weighted by atomic mass is 10.0. The molecule has 0 amide bonds. The van der Waals surface area contributed by atoms with Gasteiger partial charge >= 0.3 is 19.8 Å². The van der Waals surface area contributed by atoms with Crippen LogP contribution < -0.4 is 0 Å². The number of phosphoric acid groups is 1. The van der Waals surface area contributed by atoms with E-state index in [1.54, 1.807) is 0 Å². The second-order valence-corrected chi connectivity index (χ2v) is 29.8. The van der Waals surface area contributed by atoms with Gasteiger partial charge in [0, 0.05) is 12.8 Å². The van der Waals surface area contributed by atoms with Crippen molar-refractivity contribution in [3.63, 3.8) is 0 Å². The lowest BCUT2D eigenvalue weighted by molar-refractivity contribution is -0.870. The van der Waals surface area contributed by atoms with Gasteiger partial charge in [0.15, 0.2) is 6.10 Å². The highest BCUT2D eigenvalue weighted by Gasteiger charge is 2.27. The third-order valence-electron chi connectivity index (χ3n) is 17.4. The molecule has 0 heterocycles. The van der Waals surface area contributed by atoms with E-state index in [4.69, 9.17) is 18.5 Å². The van der Waals surface area contributed by atoms with Crippen molar-refractivity contribution >= 4 is 19.8 Å². The summed E-state index contributed by atoms with van der Waals surface area (Å²) in [6.07, 6.45) is 123. The lowest BCUT2D eigenvalue weighted by Gasteiger charge is -2.24. The molecule has 0 aromatic heterocycles. The largest absolute Gasteiger partial charge is 0.472 e. The summed E-state index contributed by atoms with van der Waals surface area (Å²) in [6.45, 7) is 4.22. The van der Waals surface area contributed by atoms with Gasteiger partial charge in [0.1, 0.15) is 19.8 Å². The fraction of sp³-hybridized carbons (Fsp3) is 0.652. The molecule has 0 rings (SSSR count). The minimum atomic E-state index is -4.41. The standard InChI is InChI=1S/C92H154NO8P/c1-6-8-10-12-14-16-18-20-22-24-26-28-30-32-34-36-38-40-42-44-46-48-50-52-54-56-58-60-62-64-66-68-70-72-74-76-78-80-82-84-91(94)98-88-90(89-100-102(96,97)99-87-86-93(3,4)5)101-92(95)85-83-81-79-77-75-73-71-69-67-65-63-61-59-57-55-53-51-49-47-45-43-41-39-37-35-33-31-29-27-25-23-21-19-17-15-13-11-9-7-2/h8-11,14-17,20-23,26-29,32-35,38-41,44-47,51,53,90H,6-7,12-13,18-19,24-25,30-31,36-37,42-43,48-50,52,54-89H2,1-5H3/p+1/b10-8-,11-9-,16-14-,17-15-,22-20-,23-21-,28-26-,29-27-,34-32-,35-33-,40-38-,41-39-,46-44-,47-45-,53-51-. The Morgan fingerprint density at radius 2 is 0.529 bits per heavy atom.